The Kier molecular flexibility index (Phi) is 3.72. The van der Waals surface area contributed by atoms with Crippen molar-refractivity contribution in [3.8, 4) is 0 Å². The predicted molar refractivity (Wildman–Crippen MR) is 79.7 cm³/mol. The van der Waals surface area contributed by atoms with E-state index in [0.717, 1.165) is 15.9 Å². The summed E-state index contributed by atoms with van der Waals surface area (Å²) in [7, 11) is 0. The molecule has 0 saturated heterocycles. The van der Waals surface area contributed by atoms with Gasteiger partial charge in [-0.2, -0.15) is 0 Å². The molecule has 3 heteroatoms. The van der Waals surface area contributed by atoms with Crippen LogP contribution in [0.3, 0.4) is 0 Å². The Morgan fingerprint density at radius 2 is 1.47 bits per heavy atom. The number of hydrogen-bond acceptors (Lipinski definition) is 0. The second-order valence-corrected chi connectivity index (χ2v) is 9.98. The lowest BCUT2D eigenvalue weighted by atomic mass is 10.2. The molecule has 2 aromatic carbocycles. The fourth-order valence-corrected chi connectivity index (χ4v) is 5.33. The molecule has 0 unspecified atom stereocenters. The van der Waals surface area contributed by atoms with E-state index in [0.29, 0.717) is 0 Å². The Balaban J connectivity index is 2.55. The van der Waals surface area contributed by atoms with E-state index in [2.05, 4.69) is 6.58 Å². The maximum atomic E-state index is 6.63. The van der Waals surface area contributed by atoms with Crippen molar-refractivity contribution in [2.75, 3.05) is 0 Å². The quantitative estimate of drug-likeness (QED) is 0.597. The molecule has 2 aromatic rings. The molecule has 0 radical (unpaired) electrons. The van der Waals surface area contributed by atoms with Gasteiger partial charge in [0.1, 0.15) is 0 Å². The van der Waals surface area contributed by atoms with Gasteiger partial charge in [-0.25, -0.2) is 0 Å². The van der Waals surface area contributed by atoms with Crippen molar-refractivity contribution in [3.63, 3.8) is 0 Å². The molecule has 0 aliphatic rings. The van der Waals surface area contributed by atoms with Crippen LogP contribution in [0, 0.1) is 0 Å². The highest BCUT2D eigenvalue weighted by Crippen LogP contribution is 2.17. The minimum atomic E-state index is -2.65. The summed E-state index contributed by atoms with van der Waals surface area (Å²) in [6, 6.07) is 17.7. The van der Waals surface area contributed by atoms with Crippen molar-refractivity contribution in [1.29, 1.82) is 0 Å². The van der Waals surface area contributed by atoms with E-state index in [-0.39, 0.29) is 0 Å². The SMILES string of the molecule is C=Cc1ccccc1[Si](Cl)(Cl)c1ccccc1. The molecule has 0 N–H and O–H groups in total. The molecule has 0 saturated carbocycles. The van der Waals surface area contributed by atoms with Crippen LogP contribution in [0.1, 0.15) is 5.56 Å². The first kappa shape index (κ1) is 12.4. The first-order valence-corrected chi connectivity index (χ1v) is 9.34. The summed E-state index contributed by atoms with van der Waals surface area (Å²) >= 11 is 13.3. The summed E-state index contributed by atoms with van der Waals surface area (Å²) in [6.45, 7) is 1.16. The first-order valence-electron chi connectivity index (χ1n) is 5.31. The zero-order valence-corrected chi connectivity index (χ0v) is 11.7. The molecule has 0 heterocycles. The van der Waals surface area contributed by atoms with Crippen LogP contribution in [0.4, 0.5) is 0 Å². The Bertz CT molecular complexity index is 521. The van der Waals surface area contributed by atoms with Crippen LogP contribution in [-0.4, -0.2) is 6.69 Å². The third-order valence-electron chi connectivity index (χ3n) is 2.66. The molecule has 0 aliphatic carbocycles. The van der Waals surface area contributed by atoms with Gasteiger partial charge in [0.05, 0.1) is 0 Å². The van der Waals surface area contributed by atoms with Gasteiger partial charge in [0.15, 0.2) is 0 Å². The smallest absolute Gasteiger partial charge is 0.134 e. The summed E-state index contributed by atoms with van der Waals surface area (Å²) in [5.74, 6) is 0. The zero-order chi connectivity index (χ0) is 12.3. The summed E-state index contributed by atoms with van der Waals surface area (Å²) in [5.41, 5.74) is 1.01. The van der Waals surface area contributed by atoms with E-state index in [1.54, 1.807) is 6.08 Å². The van der Waals surface area contributed by atoms with Gasteiger partial charge in [0.2, 0.25) is 0 Å². The van der Waals surface area contributed by atoms with Crippen molar-refractivity contribution in [1.82, 2.24) is 0 Å². The largest absolute Gasteiger partial charge is 0.311 e. The molecule has 0 bridgehead atoms. The fraction of sp³-hybridized carbons (Fsp3) is 0. The molecule has 0 nitrogen and oxygen atoms in total. The molecular weight excluding hydrogens is 267 g/mol. The maximum absolute atomic E-state index is 6.63. The van der Waals surface area contributed by atoms with Crippen molar-refractivity contribution in [2.24, 2.45) is 0 Å². The van der Waals surface area contributed by atoms with Crippen LogP contribution in [0.25, 0.3) is 6.08 Å². The van der Waals surface area contributed by atoms with Gasteiger partial charge in [-0.3, -0.25) is 0 Å². The summed E-state index contributed by atoms with van der Waals surface area (Å²) < 4.78 is 0. The Labute approximate surface area is 112 Å². The minimum Gasteiger partial charge on any atom is -0.134 e. The third-order valence-corrected chi connectivity index (χ3v) is 7.38. The number of rotatable bonds is 3. The second-order valence-electron chi connectivity index (χ2n) is 3.73. The van der Waals surface area contributed by atoms with Crippen LogP contribution in [0.5, 0.6) is 0 Å². The molecule has 86 valence electrons. The molecule has 0 aromatic heterocycles. The number of benzene rings is 2. The van der Waals surface area contributed by atoms with Gasteiger partial charge in [-0.1, -0.05) is 67.3 Å². The highest BCUT2D eigenvalue weighted by Gasteiger charge is 2.34. The maximum Gasteiger partial charge on any atom is 0.311 e. The minimum absolute atomic E-state index is 0.990. The highest BCUT2D eigenvalue weighted by atomic mass is 35.7. The van der Waals surface area contributed by atoms with E-state index in [1.165, 1.54) is 0 Å². The van der Waals surface area contributed by atoms with Crippen LogP contribution in [0.2, 0.25) is 0 Å². The van der Waals surface area contributed by atoms with Crippen molar-refractivity contribution >= 4 is 45.3 Å². The predicted octanol–water partition coefficient (Wildman–Crippen LogP) is 3.36. The van der Waals surface area contributed by atoms with Crippen LogP contribution in [-0.2, 0) is 0 Å². The number of hydrogen-bond donors (Lipinski definition) is 0. The normalized spacial score (nSPS) is 11.2. The Morgan fingerprint density at radius 3 is 2.12 bits per heavy atom. The molecule has 17 heavy (non-hydrogen) atoms. The van der Waals surface area contributed by atoms with Crippen molar-refractivity contribution in [3.05, 3.63) is 66.7 Å². The first-order chi connectivity index (χ1) is 8.16. The van der Waals surface area contributed by atoms with Crippen molar-refractivity contribution < 1.29 is 0 Å². The van der Waals surface area contributed by atoms with E-state index in [4.69, 9.17) is 22.2 Å². The average molecular weight is 279 g/mol. The summed E-state index contributed by atoms with van der Waals surface area (Å²) in [6.07, 6.45) is 1.80. The molecule has 0 aliphatic heterocycles. The lowest BCUT2D eigenvalue weighted by Crippen LogP contribution is -2.49. The van der Waals surface area contributed by atoms with E-state index < -0.39 is 6.69 Å². The standard InChI is InChI=1S/C14H12Cl2Si/c1-2-12-8-6-7-11-14(12)17(15,16)13-9-4-3-5-10-13/h2-11H,1H2. The van der Waals surface area contributed by atoms with Gasteiger partial charge in [0, 0.05) is 0 Å². The molecular formula is C14H12Cl2Si. The summed E-state index contributed by atoms with van der Waals surface area (Å²) in [5, 5.41) is 1.99. The number of halogens is 2. The van der Waals surface area contributed by atoms with Gasteiger partial charge in [0.25, 0.3) is 0 Å². The molecule has 0 amide bonds. The zero-order valence-electron chi connectivity index (χ0n) is 9.24. The van der Waals surface area contributed by atoms with E-state index >= 15 is 0 Å². The monoisotopic (exact) mass is 278 g/mol. The second kappa shape index (κ2) is 5.09. The van der Waals surface area contributed by atoms with Crippen LogP contribution >= 0.6 is 22.2 Å². The van der Waals surface area contributed by atoms with E-state index in [9.17, 15) is 0 Å². The van der Waals surface area contributed by atoms with Crippen LogP contribution < -0.4 is 10.4 Å². The van der Waals surface area contributed by atoms with E-state index in [1.807, 2.05) is 54.6 Å². The van der Waals surface area contributed by atoms with Gasteiger partial charge >= 0.3 is 6.69 Å². The molecule has 0 spiro atoms. The molecule has 0 atom stereocenters. The highest BCUT2D eigenvalue weighted by molar-refractivity contribution is 7.56. The molecule has 0 fully saturated rings. The average Bonchev–Trinajstić information content (AvgIpc) is 2.39. The lowest BCUT2D eigenvalue weighted by Gasteiger charge is -2.19. The third kappa shape index (κ3) is 2.47. The fourth-order valence-electron chi connectivity index (χ4n) is 1.76. The Hall–Kier alpha value is -1.02. The van der Waals surface area contributed by atoms with Gasteiger partial charge in [-0.15, -0.1) is 22.2 Å². The summed E-state index contributed by atoms with van der Waals surface area (Å²) in [4.78, 5) is 0. The van der Waals surface area contributed by atoms with Crippen molar-refractivity contribution in [2.45, 2.75) is 0 Å². The molecule has 2 rings (SSSR count). The van der Waals surface area contributed by atoms with Gasteiger partial charge < -0.3 is 0 Å². The van der Waals surface area contributed by atoms with Gasteiger partial charge in [-0.05, 0) is 15.9 Å². The lowest BCUT2D eigenvalue weighted by molar-refractivity contribution is 1.70. The van der Waals surface area contributed by atoms with Crippen LogP contribution in [0.15, 0.2) is 61.2 Å². The Morgan fingerprint density at radius 1 is 0.882 bits per heavy atom. The topological polar surface area (TPSA) is 0 Å².